The molecule has 0 aliphatic carbocycles. The van der Waals surface area contributed by atoms with Crippen LogP contribution in [0.5, 0.6) is 0 Å². The molecule has 0 atom stereocenters. The molecule has 0 amide bonds. The number of aryl methyl sites for hydroxylation is 2. The fourth-order valence-electron chi connectivity index (χ4n) is 2.85. The van der Waals surface area contributed by atoms with E-state index in [1.807, 2.05) is 36.9 Å². The van der Waals surface area contributed by atoms with E-state index in [0.29, 0.717) is 37.6 Å². The van der Waals surface area contributed by atoms with Gasteiger partial charge in [-0.3, -0.25) is 0 Å². The van der Waals surface area contributed by atoms with Gasteiger partial charge in [0.25, 0.3) is 0 Å². The van der Waals surface area contributed by atoms with Crippen molar-refractivity contribution >= 4 is 16.7 Å². The maximum atomic E-state index is 12.1. The smallest absolute Gasteiger partial charge is 0.356 e. The third kappa shape index (κ3) is 2.28. The molecular formula is C16H16N2O3. The quantitative estimate of drug-likeness (QED) is 0.750. The third-order valence-electron chi connectivity index (χ3n) is 3.75. The van der Waals surface area contributed by atoms with Crippen molar-refractivity contribution in [1.29, 1.82) is 5.26 Å². The Labute approximate surface area is 122 Å². The van der Waals surface area contributed by atoms with Crippen LogP contribution in [0, 0.1) is 25.2 Å². The van der Waals surface area contributed by atoms with Crippen molar-refractivity contribution in [1.82, 2.24) is 0 Å². The second-order valence-corrected chi connectivity index (χ2v) is 5.28. The van der Waals surface area contributed by atoms with E-state index in [4.69, 9.17) is 9.15 Å². The summed E-state index contributed by atoms with van der Waals surface area (Å²) in [6.07, 6.45) is 0. The first-order valence-corrected chi connectivity index (χ1v) is 6.92. The highest BCUT2D eigenvalue weighted by Gasteiger charge is 2.22. The summed E-state index contributed by atoms with van der Waals surface area (Å²) in [4.78, 5) is 14.2. The van der Waals surface area contributed by atoms with Crippen LogP contribution in [-0.4, -0.2) is 26.3 Å². The Morgan fingerprint density at radius 3 is 2.62 bits per heavy atom. The fourth-order valence-corrected chi connectivity index (χ4v) is 2.85. The van der Waals surface area contributed by atoms with E-state index in [-0.39, 0.29) is 5.56 Å². The van der Waals surface area contributed by atoms with Crippen LogP contribution in [0.1, 0.15) is 16.7 Å². The molecule has 0 bridgehead atoms. The molecule has 1 aromatic heterocycles. The second-order valence-electron chi connectivity index (χ2n) is 5.28. The Morgan fingerprint density at radius 1 is 1.24 bits per heavy atom. The van der Waals surface area contributed by atoms with E-state index in [9.17, 15) is 10.1 Å². The van der Waals surface area contributed by atoms with Gasteiger partial charge in [0.2, 0.25) is 0 Å². The van der Waals surface area contributed by atoms with Crippen molar-refractivity contribution in [3.63, 3.8) is 0 Å². The summed E-state index contributed by atoms with van der Waals surface area (Å²) in [5.41, 5.74) is 2.73. The van der Waals surface area contributed by atoms with Crippen LogP contribution in [0.2, 0.25) is 0 Å². The summed E-state index contributed by atoms with van der Waals surface area (Å²) in [5.74, 6) is 0. The zero-order chi connectivity index (χ0) is 15.0. The molecule has 0 radical (unpaired) electrons. The molecule has 1 aliphatic rings. The third-order valence-corrected chi connectivity index (χ3v) is 3.75. The molecule has 5 nitrogen and oxygen atoms in total. The number of benzene rings is 1. The van der Waals surface area contributed by atoms with Crippen LogP contribution < -0.4 is 10.5 Å². The van der Waals surface area contributed by atoms with E-state index in [1.165, 1.54) is 0 Å². The highest BCUT2D eigenvalue weighted by atomic mass is 16.5. The topological polar surface area (TPSA) is 66.5 Å². The van der Waals surface area contributed by atoms with Crippen LogP contribution in [0.15, 0.2) is 21.3 Å². The number of fused-ring (bicyclic) bond motifs is 1. The van der Waals surface area contributed by atoms with Crippen molar-refractivity contribution in [3.8, 4) is 6.07 Å². The van der Waals surface area contributed by atoms with Crippen molar-refractivity contribution in [2.24, 2.45) is 0 Å². The van der Waals surface area contributed by atoms with Gasteiger partial charge >= 0.3 is 5.63 Å². The minimum Gasteiger partial charge on any atom is -0.421 e. The standard InChI is InChI=1S/C16H16N2O3/c1-10-7-11(2)15-12(8-10)14(13(9-17)16(19)21-15)18-3-5-20-6-4-18/h7-8H,3-6H2,1-2H3. The number of hydrogen-bond acceptors (Lipinski definition) is 5. The van der Waals surface area contributed by atoms with Crippen LogP contribution >= 0.6 is 0 Å². The minimum absolute atomic E-state index is 0.0781. The lowest BCUT2D eigenvalue weighted by atomic mass is 10.0. The van der Waals surface area contributed by atoms with E-state index >= 15 is 0 Å². The predicted molar refractivity (Wildman–Crippen MR) is 79.7 cm³/mol. The second kappa shape index (κ2) is 5.23. The Morgan fingerprint density at radius 2 is 1.95 bits per heavy atom. The number of morpholine rings is 1. The number of ether oxygens (including phenoxy) is 1. The van der Waals surface area contributed by atoms with Crippen LogP contribution in [-0.2, 0) is 4.74 Å². The van der Waals surface area contributed by atoms with Gasteiger partial charge in [0.1, 0.15) is 11.7 Å². The molecule has 0 N–H and O–H groups in total. The summed E-state index contributed by atoms with van der Waals surface area (Å²) in [6, 6.07) is 5.95. The summed E-state index contributed by atoms with van der Waals surface area (Å²) in [6.45, 7) is 6.43. The molecule has 0 unspecified atom stereocenters. The maximum Gasteiger partial charge on any atom is 0.356 e. The van der Waals surface area contributed by atoms with Crippen LogP contribution in [0.4, 0.5) is 5.69 Å². The van der Waals surface area contributed by atoms with Gasteiger partial charge in [0.15, 0.2) is 5.56 Å². The predicted octanol–water partition coefficient (Wildman–Crippen LogP) is 2.12. The van der Waals surface area contributed by atoms with E-state index in [2.05, 4.69) is 0 Å². The van der Waals surface area contributed by atoms with Crippen LogP contribution in [0.25, 0.3) is 11.0 Å². The lowest BCUT2D eigenvalue weighted by Gasteiger charge is -2.30. The number of anilines is 1. The molecule has 0 spiro atoms. The summed E-state index contributed by atoms with van der Waals surface area (Å²) in [5, 5.41) is 10.2. The molecule has 1 saturated heterocycles. The molecular weight excluding hydrogens is 268 g/mol. The first-order chi connectivity index (χ1) is 10.1. The molecule has 1 aromatic carbocycles. The average molecular weight is 284 g/mol. The van der Waals surface area contributed by atoms with Crippen molar-refractivity contribution in [2.75, 3.05) is 31.2 Å². The molecule has 5 heteroatoms. The molecule has 21 heavy (non-hydrogen) atoms. The van der Waals surface area contributed by atoms with Crippen molar-refractivity contribution in [3.05, 3.63) is 39.2 Å². The van der Waals surface area contributed by atoms with Gasteiger partial charge in [0, 0.05) is 18.5 Å². The molecule has 1 aliphatic heterocycles. The van der Waals surface area contributed by atoms with Crippen LogP contribution in [0.3, 0.4) is 0 Å². The lowest BCUT2D eigenvalue weighted by Crippen LogP contribution is -2.37. The zero-order valence-corrected chi connectivity index (χ0v) is 12.1. The Balaban J connectivity index is 2.37. The van der Waals surface area contributed by atoms with E-state index in [1.54, 1.807) is 0 Å². The van der Waals surface area contributed by atoms with Gasteiger partial charge in [-0.25, -0.2) is 4.79 Å². The first-order valence-electron chi connectivity index (χ1n) is 6.92. The Hall–Kier alpha value is -2.32. The number of rotatable bonds is 1. The highest BCUT2D eigenvalue weighted by Crippen LogP contribution is 2.31. The van der Waals surface area contributed by atoms with Gasteiger partial charge < -0.3 is 14.1 Å². The van der Waals surface area contributed by atoms with E-state index in [0.717, 1.165) is 16.5 Å². The first kappa shape index (κ1) is 13.7. The molecule has 1 fully saturated rings. The molecule has 2 heterocycles. The Kier molecular flexibility index (Phi) is 3.40. The van der Waals surface area contributed by atoms with Crippen molar-refractivity contribution in [2.45, 2.75) is 13.8 Å². The number of nitrogens with zero attached hydrogens (tertiary/aromatic N) is 2. The summed E-state index contributed by atoms with van der Waals surface area (Å²) in [7, 11) is 0. The van der Waals surface area contributed by atoms with Gasteiger partial charge in [-0.1, -0.05) is 6.07 Å². The van der Waals surface area contributed by atoms with Crippen molar-refractivity contribution < 1.29 is 9.15 Å². The Bertz CT molecular complexity index is 796. The molecule has 0 saturated carbocycles. The van der Waals surface area contributed by atoms with E-state index < -0.39 is 5.63 Å². The highest BCUT2D eigenvalue weighted by molar-refractivity contribution is 5.95. The average Bonchev–Trinajstić information content (AvgIpc) is 2.48. The fraction of sp³-hybridized carbons (Fsp3) is 0.375. The van der Waals surface area contributed by atoms with Gasteiger partial charge in [-0.15, -0.1) is 0 Å². The molecule has 2 aromatic rings. The summed E-state index contributed by atoms with van der Waals surface area (Å²) >= 11 is 0. The molecule has 108 valence electrons. The zero-order valence-electron chi connectivity index (χ0n) is 12.1. The summed E-state index contributed by atoms with van der Waals surface area (Å²) < 4.78 is 10.7. The van der Waals surface area contributed by atoms with Gasteiger partial charge in [-0.2, -0.15) is 5.26 Å². The normalized spacial score (nSPS) is 15.2. The lowest BCUT2D eigenvalue weighted by molar-refractivity contribution is 0.123. The SMILES string of the molecule is Cc1cc(C)c2oc(=O)c(C#N)c(N3CCOCC3)c2c1. The largest absolute Gasteiger partial charge is 0.421 e. The number of hydrogen-bond donors (Lipinski definition) is 0. The maximum absolute atomic E-state index is 12.1. The molecule has 3 rings (SSSR count). The van der Waals surface area contributed by atoms with Gasteiger partial charge in [0.05, 0.1) is 18.9 Å². The monoisotopic (exact) mass is 284 g/mol. The minimum atomic E-state index is -0.571. The van der Waals surface area contributed by atoms with Gasteiger partial charge in [-0.05, 0) is 31.0 Å². The number of nitriles is 1.